The van der Waals surface area contributed by atoms with Crippen molar-refractivity contribution in [3.8, 4) is 0 Å². The predicted octanol–water partition coefficient (Wildman–Crippen LogP) is 12.9. The van der Waals surface area contributed by atoms with E-state index < -0.39 is 0 Å². The Morgan fingerprint density at radius 2 is 0.571 bits per heavy atom. The van der Waals surface area contributed by atoms with Gasteiger partial charge in [0.25, 0.3) is 0 Å². The molecule has 0 spiro atoms. The van der Waals surface area contributed by atoms with Gasteiger partial charge in [-0.25, -0.2) is 0 Å². The second-order valence-corrected chi connectivity index (χ2v) is 11.4. The van der Waals surface area contributed by atoms with E-state index >= 15 is 0 Å². The molecule has 0 saturated carbocycles. The molecule has 0 aromatic heterocycles. The van der Waals surface area contributed by atoms with Crippen LogP contribution in [0.2, 0.25) is 0 Å². The molecule has 211 valence electrons. The summed E-state index contributed by atoms with van der Waals surface area (Å²) in [4.78, 5) is 0. The molecule has 0 bridgehead atoms. The van der Waals surface area contributed by atoms with Gasteiger partial charge in [0.05, 0.1) is 6.61 Å². The Hall–Kier alpha value is -0.0400. The largest absolute Gasteiger partial charge is 0.376 e. The normalized spacial score (nSPS) is 11.5. The van der Waals surface area contributed by atoms with Gasteiger partial charge in [-0.2, -0.15) is 0 Å². The summed E-state index contributed by atoms with van der Waals surface area (Å²) in [6.45, 7) is 7.61. The molecule has 0 fully saturated rings. The summed E-state index contributed by atoms with van der Waals surface area (Å²) in [6, 6.07) is 0. The van der Waals surface area contributed by atoms with E-state index in [1.54, 1.807) is 0 Å². The Labute approximate surface area is 224 Å². The predicted molar refractivity (Wildman–Crippen MR) is 160 cm³/mol. The van der Waals surface area contributed by atoms with E-state index in [-0.39, 0.29) is 0 Å². The molecule has 1 heteroatoms. The lowest BCUT2D eigenvalue weighted by molar-refractivity contribution is 0.183. The van der Waals surface area contributed by atoms with Crippen molar-refractivity contribution in [3.05, 3.63) is 6.61 Å². The van der Waals surface area contributed by atoms with Crippen LogP contribution in [0.15, 0.2) is 0 Å². The standard InChI is InChI=1S/C34H69O/c1-3-5-7-9-11-13-14-15-16-17-18-19-20-21-22-23-24-25-26-28-30-32-34-35-33-31-29-27-12-10-8-6-4-2/h34H,3-33H2,1-2H3. The van der Waals surface area contributed by atoms with Crippen molar-refractivity contribution in [2.24, 2.45) is 0 Å². The molecule has 0 aromatic carbocycles. The minimum Gasteiger partial charge on any atom is -0.376 e. The second kappa shape index (κ2) is 34.0. The topological polar surface area (TPSA) is 9.23 Å². The maximum atomic E-state index is 5.70. The van der Waals surface area contributed by atoms with Gasteiger partial charge in [0.1, 0.15) is 0 Å². The molecule has 0 aliphatic heterocycles. The Morgan fingerprint density at radius 3 is 0.886 bits per heavy atom. The van der Waals surface area contributed by atoms with Gasteiger partial charge in [0.15, 0.2) is 0 Å². The number of hydrogen-bond donors (Lipinski definition) is 0. The first-order chi connectivity index (χ1) is 17.4. The van der Waals surface area contributed by atoms with E-state index in [4.69, 9.17) is 4.74 Å². The summed E-state index contributed by atoms with van der Waals surface area (Å²) in [7, 11) is 0. The van der Waals surface area contributed by atoms with Gasteiger partial charge in [-0.05, 0) is 12.8 Å². The zero-order chi connectivity index (χ0) is 25.3. The zero-order valence-corrected chi connectivity index (χ0v) is 24.9. The van der Waals surface area contributed by atoms with Gasteiger partial charge in [-0.3, -0.25) is 0 Å². The Morgan fingerprint density at radius 1 is 0.314 bits per heavy atom. The van der Waals surface area contributed by atoms with E-state index in [9.17, 15) is 0 Å². The fraction of sp³-hybridized carbons (Fsp3) is 0.971. The van der Waals surface area contributed by atoms with Crippen LogP contribution in [0.3, 0.4) is 0 Å². The van der Waals surface area contributed by atoms with E-state index in [0.29, 0.717) is 0 Å². The van der Waals surface area contributed by atoms with Crippen molar-refractivity contribution in [2.45, 2.75) is 206 Å². The highest BCUT2D eigenvalue weighted by molar-refractivity contribution is 4.55. The molecule has 0 aliphatic rings. The average molecular weight is 494 g/mol. The molecule has 0 amide bonds. The first kappa shape index (κ1) is 35.0. The smallest absolute Gasteiger partial charge is 0.0836 e. The quantitative estimate of drug-likeness (QED) is 0.0846. The minimum absolute atomic E-state index is 0.939. The summed E-state index contributed by atoms with van der Waals surface area (Å²) < 4.78 is 5.70. The van der Waals surface area contributed by atoms with E-state index in [1.165, 1.54) is 186 Å². The molecule has 0 saturated heterocycles. The SMILES string of the molecule is CCCCCCCCCCCCCCCCCCCCCCC[CH]OCCCCCCCCCC. The molecule has 0 aliphatic carbocycles. The molecule has 35 heavy (non-hydrogen) atoms. The number of hydrogen-bond acceptors (Lipinski definition) is 1. The summed E-state index contributed by atoms with van der Waals surface area (Å²) in [5.74, 6) is 0. The Balaban J connectivity index is 3.00. The third-order valence-electron chi connectivity index (χ3n) is 7.66. The van der Waals surface area contributed by atoms with Crippen molar-refractivity contribution in [1.29, 1.82) is 0 Å². The van der Waals surface area contributed by atoms with E-state index in [1.807, 2.05) is 0 Å². The lowest BCUT2D eigenvalue weighted by Crippen LogP contribution is -1.92. The van der Waals surface area contributed by atoms with Gasteiger partial charge in [-0.1, -0.05) is 194 Å². The highest BCUT2D eigenvalue weighted by Gasteiger charge is 1.97. The summed E-state index contributed by atoms with van der Waals surface area (Å²) in [5, 5.41) is 0. The van der Waals surface area contributed by atoms with Crippen LogP contribution >= 0.6 is 0 Å². The van der Waals surface area contributed by atoms with Gasteiger partial charge in [-0.15, -0.1) is 0 Å². The van der Waals surface area contributed by atoms with Crippen molar-refractivity contribution < 1.29 is 4.74 Å². The van der Waals surface area contributed by atoms with Crippen LogP contribution in [0, 0.1) is 6.61 Å². The molecule has 1 radical (unpaired) electrons. The third-order valence-corrected chi connectivity index (χ3v) is 7.66. The second-order valence-electron chi connectivity index (χ2n) is 11.4. The number of unbranched alkanes of at least 4 members (excludes halogenated alkanes) is 28. The molecule has 0 heterocycles. The summed E-state index contributed by atoms with van der Waals surface area (Å²) in [5.41, 5.74) is 0. The van der Waals surface area contributed by atoms with Gasteiger partial charge in [0.2, 0.25) is 0 Å². The van der Waals surface area contributed by atoms with Gasteiger partial charge < -0.3 is 4.74 Å². The molecule has 0 rings (SSSR count). The van der Waals surface area contributed by atoms with Crippen molar-refractivity contribution >= 4 is 0 Å². The highest BCUT2D eigenvalue weighted by atomic mass is 16.5. The number of rotatable bonds is 32. The van der Waals surface area contributed by atoms with Crippen LogP contribution in [-0.2, 0) is 4.74 Å². The minimum atomic E-state index is 0.939. The molecule has 0 aromatic rings. The van der Waals surface area contributed by atoms with Gasteiger partial charge >= 0.3 is 0 Å². The van der Waals surface area contributed by atoms with Crippen LogP contribution < -0.4 is 0 Å². The summed E-state index contributed by atoms with van der Waals surface area (Å²) in [6.07, 6.45) is 42.7. The van der Waals surface area contributed by atoms with Crippen LogP contribution in [0.4, 0.5) is 0 Å². The molecule has 0 unspecified atom stereocenters. The zero-order valence-electron chi connectivity index (χ0n) is 24.9. The first-order valence-corrected chi connectivity index (χ1v) is 16.8. The van der Waals surface area contributed by atoms with Crippen molar-refractivity contribution in [2.75, 3.05) is 6.61 Å². The maximum Gasteiger partial charge on any atom is 0.0836 e. The fourth-order valence-corrected chi connectivity index (χ4v) is 5.15. The third kappa shape index (κ3) is 34.0. The molecule has 0 atom stereocenters. The van der Waals surface area contributed by atoms with Gasteiger partial charge in [0, 0.05) is 6.61 Å². The fourth-order valence-electron chi connectivity index (χ4n) is 5.15. The van der Waals surface area contributed by atoms with Crippen molar-refractivity contribution in [3.63, 3.8) is 0 Å². The first-order valence-electron chi connectivity index (χ1n) is 16.8. The molecular formula is C34H69O. The van der Waals surface area contributed by atoms with E-state index in [0.717, 1.165) is 13.0 Å². The lowest BCUT2D eigenvalue weighted by Gasteiger charge is -2.05. The molecule has 0 N–H and O–H groups in total. The average Bonchev–Trinajstić information content (AvgIpc) is 2.87. The van der Waals surface area contributed by atoms with Crippen LogP contribution in [0.5, 0.6) is 0 Å². The monoisotopic (exact) mass is 494 g/mol. The van der Waals surface area contributed by atoms with Crippen LogP contribution in [-0.4, -0.2) is 6.61 Å². The Kier molecular flexibility index (Phi) is 33.9. The van der Waals surface area contributed by atoms with E-state index in [2.05, 4.69) is 20.5 Å². The maximum absolute atomic E-state index is 5.70. The van der Waals surface area contributed by atoms with Crippen molar-refractivity contribution in [1.82, 2.24) is 0 Å². The molecular weight excluding hydrogens is 424 g/mol. The lowest BCUT2D eigenvalue weighted by atomic mass is 10.0. The number of ether oxygens (including phenoxy) is 1. The highest BCUT2D eigenvalue weighted by Crippen LogP contribution is 2.15. The van der Waals surface area contributed by atoms with Crippen LogP contribution in [0.25, 0.3) is 0 Å². The van der Waals surface area contributed by atoms with Crippen LogP contribution in [0.1, 0.15) is 206 Å². The molecule has 1 nitrogen and oxygen atoms in total. The summed E-state index contributed by atoms with van der Waals surface area (Å²) >= 11 is 0. The Bertz CT molecular complexity index is 307.